The molecule has 0 saturated carbocycles. The zero-order valence-electron chi connectivity index (χ0n) is 22.7. The van der Waals surface area contributed by atoms with Crippen LogP contribution in [0.5, 0.6) is 0 Å². The first-order valence-corrected chi connectivity index (χ1v) is 14.1. The summed E-state index contributed by atoms with van der Waals surface area (Å²) < 4.78 is 7.66. The number of rotatable bonds is 10. The van der Waals surface area contributed by atoms with Crippen LogP contribution in [-0.4, -0.2) is 81.6 Å². The van der Waals surface area contributed by atoms with Gasteiger partial charge >= 0.3 is 0 Å². The Morgan fingerprint density at radius 2 is 2.12 bits per heavy atom. The fourth-order valence-corrected chi connectivity index (χ4v) is 6.21. The molecular formula is C30H35N5O5. The average Bonchev–Trinajstić information content (AvgIpc) is 3.64. The number of aliphatic hydroxyl groups excluding tert-OH is 1. The van der Waals surface area contributed by atoms with Crippen LogP contribution in [-0.2, 0) is 27.4 Å². The van der Waals surface area contributed by atoms with E-state index in [0.29, 0.717) is 50.5 Å². The lowest BCUT2D eigenvalue weighted by Crippen LogP contribution is -2.46. The van der Waals surface area contributed by atoms with Crippen molar-refractivity contribution in [3.05, 3.63) is 53.2 Å². The summed E-state index contributed by atoms with van der Waals surface area (Å²) in [5.74, 6) is -0.339. The molecule has 3 amide bonds. The molecule has 10 heteroatoms. The second-order valence-corrected chi connectivity index (χ2v) is 11.1. The summed E-state index contributed by atoms with van der Waals surface area (Å²) in [7, 11) is 0. The number of hydrogen-bond acceptors (Lipinski definition) is 7. The lowest BCUT2D eigenvalue weighted by atomic mass is 10.0. The third-order valence-electron chi connectivity index (χ3n) is 8.48. The summed E-state index contributed by atoms with van der Waals surface area (Å²) in [4.78, 5) is 45.8. The van der Waals surface area contributed by atoms with Gasteiger partial charge in [-0.3, -0.25) is 24.6 Å². The molecule has 2 fully saturated rings. The zero-order chi connectivity index (χ0) is 27.8. The number of aliphatic hydroxyl groups is 1. The van der Waals surface area contributed by atoms with Crippen molar-refractivity contribution >= 4 is 29.3 Å². The van der Waals surface area contributed by atoms with Gasteiger partial charge in [-0.05, 0) is 60.7 Å². The predicted octanol–water partition coefficient (Wildman–Crippen LogP) is 2.49. The molecular weight excluding hydrogens is 510 g/mol. The predicted molar refractivity (Wildman–Crippen MR) is 148 cm³/mol. The Balaban J connectivity index is 1.35. The van der Waals surface area contributed by atoms with E-state index >= 15 is 0 Å². The Morgan fingerprint density at radius 3 is 2.83 bits per heavy atom. The van der Waals surface area contributed by atoms with Gasteiger partial charge in [-0.2, -0.15) is 0 Å². The van der Waals surface area contributed by atoms with E-state index < -0.39 is 11.9 Å². The number of fused-ring (bicyclic) bond motifs is 2. The molecule has 2 unspecified atom stereocenters. The van der Waals surface area contributed by atoms with Gasteiger partial charge in [-0.25, -0.2) is 4.98 Å². The smallest absolute Gasteiger partial charge is 0.255 e. The summed E-state index contributed by atoms with van der Waals surface area (Å²) in [6.45, 7) is 6.41. The van der Waals surface area contributed by atoms with E-state index in [1.807, 2.05) is 25.1 Å². The van der Waals surface area contributed by atoms with Gasteiger partial charge in [0.15, 0.2) is 0 Å². The van der Waals surface area contributed by atoms with Crippen LogP contribution < -0.4 is 5.32 Å². The highest BCUT2D eigenvalue weighted by Gasteiger charge is 2.36. The number of nitrogens with one attached hydrogen (secondary N) is 1. The number of imide groups is 1. The lowest BCUT2D eigenvalue weighted by Gasteiger charge is -2.28. The molecule has 2 N–H and O–H groups in total. The number of likely N-dealkylation sites (tertiary alicyclic amines) is 1. The number of carbonyl (C=O) groups is 3. The van der Waals surface area contributed by atoms with Gasteiger partial charge in [0.25, 0.3) is 5.91 Å². The average molecular weight is 546 g/mol. The van der Waals surface area contributed by atoms with Crippen molar-refractivity contribution in [2.24, 2.45) is 5.92 Å². The van der Waals surface area contributed by atoms with Gasteiger partial charge in [0, 0.05) is 49.0 Å². The third kappa shape index (κ3) is 4.80. The molecule has 0 radical (unpaired) electrons. The van der Waals surface area contributed by atoms with Gasteiger partial charge in [0.1, 0.15) is 11.7 Å². The first kappa shape index (κ1) is 26.6. The zero-order valence-corrected chi connectivity index (χ0v) is 22.7. The molecule has 3 aliphatic heterocycles. The van der Waals surface area contributed by atoms with Crippen LogP contribution in [0.3, 0.4) is 0 Å². The van der Waals surface area contributed by atoms with E-state index in [-0.39, 0.29) is 18.6 Å². The first-order valence-electron chi connectivity index (χ1n) is 14.1. The second kappa shape index (κ2) is 11.1. The SMILES string of the molecule is CCCC(C(=O)NC=O)N1Cc2cc(-c3cc(CN4CCC(CO)C4)c4ccn(C5COC5)c4n3)ccc2C1=O. The minimum atomic E-state index is -0.698. The Labute approximate surface area is 232 Å². The molecule has 2 atom stereocenters. The highest BCUT2D eigenvalue weighted by atomic mass is 16.5. The topological polar surface area (TPSA) is 117 Å². The second-order valence-electron chi connectivity index (χ2n) is 11.1. The van der Waals surface area contributed by atoms with Crippen LogP contribution >= 0.6 is 0 Å². The molecule has 5 heterocycles. The van der Waals surface area contributed by atoms with Crippen LogP contribution in [0.25, 0.3) is 22.3 Å². The quantitative estimate of drug-likeness (QED) is 0.376. The van der Waals surface area contributed by atoms with E-state index in [0.717, 1.165) is 53.9 Å². The van der Waals surface area contributed by atoms with Crippen LogP contribution in [0.4, 0.5) is 0 Å². The molecule has 0 spiro atoms. The van der Waals surface area contributed by atoms with Gasteiger partial charge in [-0.1, -0.05) is 19.4 Å². The molecule has 6 rings (SSSR count). The molecule has 2 aromatic heterocycles. The van der Waals surface area contributed by atoms with Crippen molar-refractivity contribution in [2.75, 3.05) is 32.9 Å². The molecule has 0 aliphatic carbocycles. The molecule has 3 aromatic rings. The molecule has 3 aliphatic rings. The van der Waals surface area contributed by atoms with E-state index in [4.69, 9.17) is 9.72 Å². The fraction of sp³-hybridized carbons (Fsp3) is 0.467. The summed E-state index contributed by atoms with van der Waals surface area (Å²) in [6, 6.07) is 9.60. The van der Waals surface area contributed by atoms with Gasteiger partial charge < -0.3 is 19.3 Å². The fourth-order valence-electron chi connectivity index (χ4n) is 6.21. The normalized spacial score (nSPS) is 20.1. The van der Waals surface area contributed by atoms with E-state index in [1.54, 1.807) is 4.90 Å². The number of carbonyl (C=O) groups excluding carboxylic acids is 3. The van der Waals surface area contributed by atoms with E-state index in [1.165, 1.54) is 5.56 Å². The summed E-state index contributed by atoms with van der Waals surface area (Å²) in [5, 5.41) is 13.0. The summed E-state index contributed by atoms with van der Waals surface area (Å²) >= 11 is 0. The van der Waals surface area contributed by atoms with Crippen molar-refractivity contribution in [3.63, 3.8) is 0 Å². The van der Waals surface area contributed by atoms with Crippen LogP contribution in [0.15, 0.2) is 36.5 Å². The standard InChI is InChI=1S/C30H35N5O5/c1-2-3-27(29(38)31-18-37)35-14-21-10-20(4-5-25(21)30(35)39)26-11-22(13-33-8-6-19(12-33)15-36)24-7-9-34(28(24)32-26)23-16-40-17-23/h4-5,7,9-11,18-19,23,27,36H,2-3,6,8,12-17H2,1H3,(H,31,37,38). The van der Waals surface area contributed by atoms with Crippen molar-refractivity contribution in [3.8, 4) is 11.3 Å². The largest absolute Gasteiger partial charge is 0.396 e. The minimum Gasteiger partial charge on any atom is -0.396 e. The Hall–Kier alpha value is -3.60. The Kier molecular flexibility index (Phi) is 7.39. The van der Waals surface area contributed by atoms with Crippen LogP contribution in [0.2, 0.25) is 0 Å². The number of aromatic nitrogens is 2. The number of nitrogens with zero attached hydrogens (tertiary/aromatic N) is 4. The van der Waals surface area contributed by atoms with Crippen LogP contribution in [0, 0.1) is 5.92 Å². The molecule has 40 heavy (non-hydrogen) atoms. The lowest BCUT2D eigenvalue weighted by molar-refractivity contribution is -0.129. The summed E-state index contributed by atoms with van der Waals surface area (Å²) in [5.41, 5.74) is 5.27. The highest BCUT2D eigenvalue weighted by molar-refractivity contribution is 6.02. The summed E-state index contributed by atoms with van der Waals surface area (Å²) in [6.07, 6.45) is 4.64. The van der Waals surface area contributed by atoms with Crippen molar-refractivity contribution in [1.82, 2.24) is 24.7 Å². The van der Waals surface area contributed by atoms with Crippen molar-refractivity contribution < 1.29 is 24.2 Å². The maximum atomic E-state index is 13.3. The van der Waals surface area contributed by atoms with Gasteiger partial charge in [0.2, 0.25) is 12.3 Å². The highest BCUT2D eigenvalue weighted by Crippen LogP contribution is 2.34. The number of pyridine rings is 1. The number of hydrogen-bond donors (Lipinski definition) is 2. The third-order valence-corrected chi connectivity index (χ3v) is 8.48. The Morgan fingerprint density at radius 1 is 1.27 bits per heavy atom. The van der Waals surface area contributed by atoms with Crippen LogP contribution in [0.1, 0.15) is 53.7 Å². The molecule has 10 nitrogen and oxygen atoms in total. The molecule has 0 bridgehead atoms. The minimum absolute atomic E-state index is 0.198. The monoisotopic (exact) mass is 545 g/mol. The maximum absolute atomic E-state index is 13.3. The van der Waals surface area contributed by atoms with E-state index in [9.17, 15) is 19.5 Å². The molecule has 1 aromatic carbocycles. The maximum Gasteiger partial charge on any atom is 0.255 e. The van der Waals surface area contributed by atoms with E-state index in [2.05, 4.69) is 33.1 Å². The van der Waals surface area contributed by atoms with Gasteiger partial charge in [-0.15, -0.1) is 0 Å². The molecule has 2 saturated heterocycles. The first-order chi connectivity index (χ1) is 19.5. The van der Waals surface area contributed by atoms with Gasteiger partial charge in [0.05, 0.1) is 24.9 Å². The Bertz CT molecular complexity index is 1450. The number of ether oxygens (including phenoxy) is 1. The number of amides is 3. The molecule has 210 valence electrons. The van der Waals surface area contributed by atoms with Crippen molar-refractivity contribution in [1.29, 1.82) is 0 Å². The number of benzene rings is 1. The van der Waals surface area contributed by atoms with Crippen molar-refractivity contribution in [2.45, 2.75) is 51.4 Å².